The highest BCUT2D eigenvalue weighted by molar-refractivity contribution is 7.12. The van der Waals surface area contributed by atoms with Crippen molar-refractivity contribution in [3.8, 4) is 0 Å². The number of benzene rings is 1. The SMILES string of the molecule is O=C(Nc1cc2c3c(c1)CCN3C(=O)CC2)c1cccs1. The van der Waals surface area contributed by atoms with Gasteiger partial charge in [-0.15, -0.1) is 11.3 Å². The highest BCUT2D eigenvalue weighted by atomic mass is 32.1. The normalized spacial score (nSPS) is 16.0. The number of nitrogens with one attached hydrogen (secondary N) is 1. The molecule has 0 saturated heterocycles. The zero-order valence-corrected chi connectivity index (χ0v) is 12.2. The van der Waals surface area contributed by atoms with Crippen molar-refractivity contribution in [2.45, 2.75) is 19.3 Å². The van der Waals surface area contributed by atoms with Gasteiger partial charge in [0.1, 0.15) is 0 Å². The number of nitrogens with zero attached hydrogens (tertiary/aromatic N) is 1. The summed E-state index contributed by atoms with van der Waals surface area (Å²) in [5.74, 6) is 0.149. The minimum absolute atomic E-state index is 0.0705. The Morgan fingerprint density at radius 3 is 2.76 bits per heavy atom. The third kappa shape index (κ3) is 2.05. The van der Waals surface area contributed by atoms with Crippen LogP contribution in [0, 0.1) is 0 Å². The second kappa shape index (κ2) is 4.70. The smallest absolute Gasteiger partial charge is 0.265 e. The molecule has 0 aliphatic carbocycles. The molecule has 0 spiro atoms. The van der Waals surface area contributed by atoms with Gasteiger partial charge in [-0.05, 0) is 47.5 Å². The Balaban J connectivity index is 1.67. The first kappa shape index (κ1) is 12.6. The van der Waals surface area contributed by atoms with Crippen LogP contribution in [-0.4, -0.2) is 18.4 Å². The molecule has 0 saturated carbocycles. The van der Waals surface area contributed by atoms with Crippen LogP contribution in [-0.2, 0) is 17.6 Å². The average molecular weight is 298 g/mol. The summed E-state index contributed by atoms with van der Waals surface area (Å²) in [5, 5.41) is 4.86. The van der Waals surface area contributed by atoms with Gasteiger partial charge in [0.15, 0.2) is 0 Å². The van der Waals surface area contributed by atoms with Crippen molar-refractivity contribution in [3.05, 3.63) is 45.6 Å². The maximum Gasteiger partial charge on any atom is 0.265 e. The van der Waals surface area contributed by atoms with E-state index in [0.29, 0.717) is 11.3 Å². The fourth-order valence-electron chi connectivity index (χ4n) is 3.13. The molecule has 0 atom stereocenters. The lowest BCUT2D eigenvalue weighted by Gasteiger charge is -2.25. The highest BCUT2D eigenvalue weighted by Gasteiger charge is 2.31. The summed E-state index contributed by atoms with van der Waals surface area (Å²) in [6.45, 7) is 0.767. The topological polar surface area (TPSA) is 49.4 Å². The number of anilines is 2. The van der Waals surface area contributed by atoms with E-state index in [-0.39, 0.29) is 11.8 Å². The predicted molar refractivity (Wildman–Crippen MR) is 83.1 cm³/mol. The lowest BCUT2D eigenvalue weighted by Crippen LogP contribution is -2.32. The molecule has 2 aromatic rings. The van der Waals surface area contributed by atoms with E-state index in [9.17, 15) is 9.59 Å². The van der Waals surface area contributed by atoms with Gasteiger partial charge in [-0.3, -0.25) is 9.59 Å². The summed E-state index contributed by atoms with van der Waals surface area (Å²) >= 11 is 1.43. The molecule has 0 bridgehead atoms. The second-order valence-electron chi connectivity index (χ2n) is 5.37. The molecule has 1 aromatic heterocycles. The lowest BCUT2D eigenvalue weighted by molar-refractivity contribution is -0.118. The largest absolute Gasteiger partial charge is 0.321 e. The van der Waals surface area contributed by atoms with Crippen LogP contribution in [0.15, 0.2) is 29.6 Å². The fraction of sp³-hybridized carbons (Fsp3) is 0.250. The number of thiophene rings is 1. The summed E-state index contributed by atoms with van der Waals surface area (Å²) in [4.78, 5) is 26.6. The van der Waals surface area contributed by atoms with Crippen LogP contribution in [0.5, 0.6) is 0 Å². The third-order valence-electron chi connectivity index (χ3n) is 4.05. The third-order valence-corrected chi connectivity index (χ3v) is 4.92. The molecule has 4 nitrogen and oxygen atoms in total. The molecule has 4 rings (SSSR count). The highest BCUT2D eigenvalue weighted by Crippen LogP contribution is 2.38. The number of hydrogen-bond donors (Lipinski definition) is 1. The van der Waals surface area contributed by atoms with Crippen LogP contribution in [0.1, 0.15) is 27.2 Å². The number of rotatable bonds is 2. The van der Waals surface area contributed by atoms with Gasteiger partial charge in [-0.2, -0.15) is 0 Å². The van der Waals surface area contributed by atoms with Gasteiger partial charge in [0.05, 0.1) is 10.6 Å². The van der Waals surface area contributed by atoms with Gasteiger partial charge in [0, 0.05) is 18.7 Å². The van der Waals surface area contributed by atoms with Gasteiger partial charge in [-0.1, -0.05) is 6.07 Å². The van der Waals surface area contributed by atoms with Crippen LogP contribution in [0.4, 0.5) is 11.4 Å². The molecule has 2 amide bonds. The summed E-state index contributed by atoms with van der Waals surface area (Å²) in [6.07, 6.45) is 2.20. The zero-order valence-electron chi connectivity index (χ0n) is 11.4. The molecule has 3 heterocycles. The molecule has 0 unspecified atom stereocenters. The number of carbonyl (C=O) groups excluding carboxylic acids is 2. The Labute approximate surface area is 126 Å². The standard InChI is InChI=1S/C16H14N2O2S/c19-14-4-3-10-8-12(9-11-5-6-18(14)15(10)11)17-16(20)13-2-1-7-21-13/h1-2,7-9H,3-6H2,(H,17,20). The molecular weight excluding hydrogens is 284 g/mol. The molecule has 21 heavy (non-hydrogen) atoms. The number of carbonyl (C=O) groups is 2. The van der Waals surface area contributed by atoms with E-state index in [1.807, 2.05) is 34.5 Å². The summed E-state index contributed by atoms with van der Waals surface area (Å²) < 4.78 is 0. The maximum atomic E-state index is 12.1. The van der Waals surface area contributed by atoms with Crippen molar-refractivity contribution in [2.24, 2.45) is 0 Å². The van der Waals surface area contributed by atoms with Gasteiger partial charge >= 0.3 is 0 Å². The Kier molecular flexibility index (Phi) is 2.82. The molecule has 1 aromatic carbocycles. The number of aryl methyl sites for hydroxylation is 1. The molecule has 0 radical (unpaired) electrons. The van der Waals surface area contributed by atoms with E-state index in [0.717, 1.165) is 30.8 Å². The van der Waals surface area contributed by atoms with E-state index in [1.165, 1.54) is 22.5 Å². The van der Waals surface area contributed by atoms with Crippen LogP contribution in [0.3, 0.4) is 0 Å². The Hall–Kier alpha value is -2.14. The van der Waals surface area contributed by atoms with Crippen molar-refractivity contribution in [1.82, 2.24) is 0 Å². The molecule has 1 N–H and O–H groups in total. The summed E-state index contributed by atoms with van der Waals surface area (Å²) in [6, 6.07) is 7.70. The lowest BCUT2D eigenvalue weighted by atomic mass is 9.98. The monoisotopic (exact) mass is 298 g/mol. The second-order valence-corrected chi connectivity index (χ2v) is 6.32. The quantitative estimate of drug-likeness (QED) is 0.927. The van der Waals surface area contributed by atoms with Crippen LogP contribution < -0.4 is 10.2 Å². The van der Waals surface area contributed by atoms with Crippen LogP contribution in [0.2, 0.25) is 0 Å². The van der Waals surface area contributed by atoms with Crippen molar-refractivity contribution >= 4 is 34.5 Å². The predicted octanol–water partition coefficient (Wildman–Crippen LogP) is 2.84. The van der Waals surface area contributed by atoms with Crippen molar-refractivity contribution in [1.29, 1.82) is 0 Å². The maximum absolute atomic E-state index is 12.1. The van der Waals surface area contributed by atoms with Gasteiger partial charge < -0.3 is 10.2 Å². The minimum Gasteiger partial charge on any atom is -0.321 e. The molecule has 5 heteroatoms. The van der Waals surface area contributed by atoms with Gasteiger partial charge in [0.25, 0.3) is 5.91 Å². The van der Waals surface area contributed by atoms with Gasteiger partial charge in [-0.25, -0.2) is 0 Å². The van der Waals surface area contributed by atoms with E-state index in [2.05, 4.69) is 5.32 Å². The Morgan fingerprint density at radius 2 is 2.00 bits per heavy atom. The molecule has 2 aliphatic heterocycles. The Morgan fingerprint density at radius 1 is 1.19 bits per heavy atom. The minimum atomic E-state index is -0.0705. The fourth-order valence-corrected chi connectivity index (χ4v) is 3.75. The average Bonchev–Trinajstić information content (AvgIpc) is 3.13. The van der Waals surface area contributed by atoms with E-state index in [4.69, 9.17) is 0 Å². The number of hydrogen-bond acceptors (Lipinski definition) is 3. The summed E-state index contributed by atoms with van der Waals surface area (Å²) in [5.41, 5.74) is 4.26. The van der Waals surface area contributed by atoms with Crippen molar-refractivity contribution in [3.63, 3.8) is 0 Å². The first-order chi connectivity index (χ1) is 10.2. The Bertz CT molecular complexity index is 737. The number of amides is 2. The first-order valence-corrected chi connectivity index (χ1v) is 7.91. The first-order valence-electron chi connectivity index (χ1n) is 7.03. The van der Waals surface area contributed by atoms with E-state index in [1.54, 1.807) is 0 Å². The zero-order chi connectivity index (χ0) is 14.4. The summed E-state index contributed by atoms with van der Waals surface area (Å²) in [7, 11) is 0. The van der Waals surface area contributed by atoms with Crippen LogP contribution in [0.25, 0.3) is 0 Å². The molecule has 106 valence electrons. The molecule has 0 fully saturated rings. The van der Waals surface area contributed by atoms with Gasteiger partial charge in [0.2, 0.25) is 5.91 Å². The van der Waals surface area contributed by atoms with Crippen molar-refractivity contribution < 1.29 is 9.59 Å². The molecule has 2 aliphatic rings. The van der Waals surface area contributed by atoms with E-state index < -0.39 is 0 Å². The van der Waals surface area contributed by atoms with Crippen molar-refractivity contribution in [2.75, 3.05) is 16.8 Å². The molecular formula is C16H14N2O2S. The van der Waals surface area contributed by atoms with Crippen LogP contribution >= 0.6 is 11.3 Å². The van der Waals surface area contributed by atoms with E-state index >= 15 is 0 Å².